The number of rotatable bonds is 0. The summed E-state index contributed by atoms with van der Waals surface area (Å²) in [5, 5.41) is 10.6. The van der Waals surface area contributed by atoms with Gasteiger partial charge in [0, 0.05) is 17.9 Å². The topological polar surface area (TPSA) is 46.5 Å². The Morgan fingerprint density at radius 2 is 2.00 bits per heavy atom. The average Bonchev–Trinajstić information content (AvgIpc) is 2.64. The van der Waals surface area contributed by atoms with Crippen LogP contribution in [0.15, 0.2) is 22.3 Å². The number of carbonyl (C=O) groups excluding carboxylic acids is 1. The Morgan fingerprint density at radius 3 is 2.68 bits per heavy atom. The zero-order valence-electron chi connectivity index (χ0n) is 12.2. The number of hydrogen-bond donors (Lipinski definition) is 1. The SMILES string of the molecule is CC1=C2CCC(C)(O)C2CC2=C(C)C(=O)OC2(C)C1. The second-order valence-electron chi connectivity index (χ2n) is 6.82. The van der Waals surface area contributed by atoms with Crippen LogP contribution in [0.3, 0.4) is 0 Å². The van der Waals surface area contributed by atoms with Gasteiger partial charge in [0.15, 0.2) is 0 Å². The molecular weight excluding hydrogens is 240 g/mol. The molecule has 19 heavy (non-hydrogen) atoms. The van der Waals surface area contributed by atoms with Crippen LogP contribution in [0.25, 0.3) is 0 Å². The van der Waals surface area contributed by atoms with E-state index in [9.17, 15) is 9.90 Å². The Kier molecular flexibility index (Phi) is 2.53. The maximum absolute atomic E-state index is 11.9. The molecule has 1 N–H and O–H groups in total. The van der Waals surface area contributed by atoms with Gasteiger partial charge in [-0.3, -0.25) is 0 Å². The van der Waals surface area contributed by atoms with E-state index in [-0.39, 0.29) is 11.9 Å². The molecule has 0 aromatic carbocycles. The van der Waals surface area contributed by atoms with Gasteiger partial charge >= 0.3 is 5.97 Å². The number of hydrogen-bond acceptors (Lipinski definition) is 3. The maximum Gasteiger partial charge on any atom is 0.334 e. The standard InChI is InChI=1S/C16H22O3/c1-9-8-16(4)12(10(2)14(17)19-16)7-13-11(9)5-6-15(13,3)18/h13,18H,5-8H2,1-4H3. The molecule has 3 heteroatoms. The summed E-state index contributed by atoms with van der Waals surface area (Å²) in [5.74, 6) is -0.0415. The predicted octanol–water partition coefficient (Wildman–Crippen LogP) is 2.89. The normalized spacial score (nSPS) is 42.2. The molecule has 3 unspecified atom stereocenters. The zero-order chi connectivity index (χ0) is 14.0. The summed E-state index contributed by atoms with van der Waals surface area (Å²) in [6, 6.07) is 0. The van der Waals surface area contributed by atoms with Gasteiger partial charge in [-0.2, -0.15) is 0 Å². The van der Waals surface area contributed by atoms with Gasteiger partial charge < -0.3 is 9.84 Å². The summed E-state index contributed by atoms with van der Waals surface area (Å²) in [5.41, 5.74) is 3.39. The molecule has 1 heterocycles. The molecular formula is C16H22O3. The van der Waals surface area contributed by atoms with E-state index in [1.807, 2.05) is 20.8 Å². The molecule has 0 aromatic rings. The average molecular weight is 262 g/mol. The van der Waals surface area contributed by atoms with E-state index in [0.717, 1.165) is 36.8 Å². The second-order valence-corrected chi connectivity index (χ2v) is 6.82. The number of fused-ring (bicyclic) bond motifs is 2. The van der Waals surface area contributed by atoms with Crippen LogP contribution in [0.2, 0.25) is 0 Å². The van der Waals surface area contributed by atoms with Crippen molar-refractivity contribution in [2.45, 2.75) is 64.6 Å². The van der Waals surface area contributed by atoms with Crippen molar-refractivity contribution in [2.24, 2.45) is 5.92 Å². The van der Waals surface area contributed by atoms with E-state index in [0.29, 0.717) is 0 Å². The minimum Gasteiger partial charge on any atom is -0.451 e. The lowest BCUT2D eigenvalue weighted by atomic mass is 9.81. The molecule has 0 bridgehead atoms. The first-order chi connectivity index (χ1) is 8.74. The van der Waals surface area contributed by atoms with E-state index in [2.05, 4.69) is 6.92 Å². The zero-order valence-corrected chi connectivity index (χ0v) is 12.2. The van der Waals surface area contributed by atoms with E-state index in [4.69, 9.17) is 4.74 Å². The minimum atomic E-state index is -0.652. The van der Waals surface area contributed by atoms with E-state index in [1.165, 1.54) is 11.1 Å². The van der Waals surface area contributed by atoms with Crippen LogP contribution in [0, 0.1) is 5.92 Å². The van der Waals surface area contributed by atoms with Crippen LogP contribution in [0.1, 0.15) is 53.4 Å². The third-order valence-electron chi connectivity index (χ3n) is 5.35. The minimum absolute atomic E-state index is 0.147. The predicted molar refractivity (Wildman–Crippen MR) is 72.5 cm³/mol. The lowest BCUT2D eigenvalue weighted by Crippen LogP contribution is -2.32. The fourth-order valence-corrected chi connectivity index (χ4v) is 4.16. The molecule has 0 saturated heterocycles. The third-order valence-corrected chi connectivity index (χ3v) is 5.35. The van der Waals surface area contributed by atoms with Gasteiger partial charge in [0.1, 0.15) is 5.60 Å². The van der Waals surface area contributed by atoms with Crippen molar-refractivity contribution in [3.05, 3.63) is 22.3 Å². The quantitative estimate of drug-likeness (QED) is 0.539. The van der Waals surface area contributed by atoms with E-state index in [1.54, 1.807) is 0 Å². The van der Waals surface area contributed by atoms with Gasteiger partial charge in [-0.1, -0.05) is 11.1 Å². The summed E-state index contributed by atoms with van der Waals surface area (Å²) in [6.07, 6.45) is 3.32. The molecule has 2 aliphatic carbocycles. The number of ether oxygens (including phenoxy) is 1. The maximum atomic E-state index is 11.9. The first kappa shape index (κ1) is 12.9. The molecule has 104 valence electrons. The largest absolute Gasteiger partial charge is 0.451 e. The van der Waals surface area contributed by atoms with Crippen molar-refractivity contribution in [2.75, 3.05) is 0 Å². The van der Waals surface area contributed by atoms with Gasteiger partial charge in [0.2, 0.25) is 0 Å². The van der Waals surface area contributed by atoms with E-state index < -0.39 is 11.2 Å². The van der Waals surface area contributed by atoms with Gasteiger partial charge in [-0.15, -0.1) is 0 Å². The van der Waals surface area contributed by atoms with E-state index >= 15 is 0 Å². The molecule has 0 aromatic heterocycles. The molecule has 1 aliphatic heterocycles. The molecule has 1 saturated carbocycles. The Morgan fingerprint density at radius 1 is 1.32 bits per heavy atom. The van der Waals surface area contributed by atoms with Gasteiger partial charge in [-0.25, -0.2) is 4.79 Å². The van der Waals surface area contributed by atoms with Gasteiger partial charge in [0.25, 0.3) is 0 Å². The lowest BCUT2D eigenvalue weighted by molar-refractivity contribution is -0.145. The lowest BCUT2D eigenvalue weighted by Gasteiger charge is -2.29. The Balaban J connectivity index is 2.11. The fraction of sp³-hybridized carbons (Fsp3) is 0.688. The Hall–Kier alpha value is -1.09. The van der Waals surface area contributed by atoms with Crippen LogP contribution in [-0.2, 0) is 9.53 Å². The van der Waals surface area contributed by atoms with Crippen molar-refractivity contribution in [1.29, 1.82) is 0 Å². The summed E-state index contributed by atoms with van der Waals surface area (Å²) < 4.78 is 5.62. The van der Waals surface area contributed by atoms with Crippen molar-refractivity contribution >= 4 is 5.97 Å². The number of carbonyl (C=O) groups is 1. The smallest absolute Gasteiger partial charge is 0.334 e. The summed E-state index contributed by atoms with van der Waals surface area (Å²) in [6.45, 7) is 7.91. The Bertz CT molecular complexity index is 524. The highest BCUT2D eigenvalue weighted by atomic mass is 16.6. The van der Waals surface area contributed by atoms with Crippen molar-refractivity contribution in [1.82, 2.24) is 0 Å². The summed E-state index contributed by atoms with van der Waals surface area (Å²) >= 11 is 0. The van der Waals surface area contributed by atoms with Crippen LogP contribution in [0.4, 0.5) is 0 Å². The number of esters is 1. The summed E-state index contributed by atoms with van der Waals surface area (Å²) in [7, 11) is 0. The van der Waals surface area contributed by atoms with Crippen LogP contribution in [-0.4, -0.2) is 22.3 Å². The monoisotopic (exact) mass is 262 g/mol. The Labute approximate surface area is 114 Å². The molecule has 1 fully saturated rings. The molecule has 3 atom stereocenters. The highest BCUT2D eigenvalue weighted by Gasteiger charge is 2.50. The molecule has 0 amide bonds. The third kappa shape index (κ3) is 1.71. The molecule has 0 radical (unpaired) electrons. The highest BCUT2D eigenvalue weighted by Crippen LogP contribution is 2.52. The van der Waals surface area contributed by atoms with Crippen LogP contribution >= 0.6 is 0 Å². The molecule has 0 spiro atoms. The first-order valence-corrected chi connectivity index (χ1v) is 7.09. The van der Waals surface area contributed by atoms with Crippen molar-refractivity contribution in [3.8, 4) is 0 Å². The fourth-order valence-electron chi connectivity index (χ4n) is 4.16. The van der Waals surface area contributed by atoms with Gasteiger partial charge in [-0.05, 0) is 52.5 Å². The van der Waals surface area contributed by atoms with Crippen LogP contribution in [0.5, 0.6) is 0 Å². The first-order valence-electron chi connectivity index (χ1n) is 7.09. The molecule has 3 rings (SSSR count). The van der Waals surface area contributed by atoms with Crippen molar-refractivity contribution < 1.29 is 14.6 Å². The molecule has 3 nitrogen and oxygen atoms in total. The van der Waals surface area contributed by atoms with Gasteiger partial charge in [0.05, 0.1) is 5.60 Å². The number of aliphatic hydroxyl groups is 1. The van der Waals surface area contributed by atoms with Crippen molar-refractivity contribution in [3.63, 3.8) is 0 Å². The molecule has 3 aliphatic rings. The summed E-state index contributed by atoms with van der Waals surface area (Å²) in [4.78, 5) is 11.9. The second kappa shape index (κ2) is 3.72. The van der Waals surface area contributed by atoms with Crippen LogP contribution < -0.4 is 0 Å². The highest BCUT2D eigenvalue weighted by molar-refractivity contribution is 5.92.